The van der Waals surface area contributed by atoms with Gasteiger partial charge >= 0.3 is 29.0 Å². The van der Waals surface area contributed by atoms with Crippen molar-refractivity contribution in [1.82, 2.24) is 24.4 Å². The fourth-order valence-corrected chi connectivity index (χ4v) is 5.84. The van der Waals surface area contributed by atoms with E-state index in [2.05, 4.69) is 28.3 Å². The van der Waals surface area contributed by atoms with Gasteiger partial charge < -0.3 is 19.6 Å². The summed E-state index contributed by atoms with van der Waals surface area (Å²) in [7, 11) is -16.2. The van der Waals surface area contributed by atoms with Crippen LogP contribution in [0.5, 0.6) is 0 Å². The lowest BCUT2D eigenvalue weighted by Crippen LogP contribution is -2.24. The summed E-state index contributed by atoms with van der Waals surface area (Å²) in [5.74, 6) is 0.542. The molecule has 2 atom stereocenters. The molecular weight excluding hydrogens is 519 g/mol. The first kappa shape index (κ1) is 26.5. The molecule has 0 fully saturated rings. The first-order chi connectivity index (χ1) is 15.8. The molecule has 2 aromatic heterocycles. The van der Waals surface area contributed by atoms with Crippen LogP contribution in [0, 0.1) is 6.92 Å². The van der Waals surface area contributed by atoms with Gasteiger partial charge in [-0.05, 0) is 19.8 Å². The Bertz CT molecular complexity index is 1370. The highest BCUT2D eigenvalue weighted by Gasteiger charge is 2.40. The van der Waals surface area contributed by atoms with E-state index >= 15 is 0 Å². The van der Waals surface area contributed by atoms with Crippen LogP contribution < -0.4 is 5.56 Å². The fourth-order valence-electron chi connectivity index (χ4n) is 2.79. The Labute approximate surface area is 191 Å². The molecule has 34 heavy (non-hydrogen) atoms. The second-order valence-corrected chi connectivity index (χ2v) is 11.2. The first-order valence-corrected chi connectivity index (χ1v) is 14.0. The molecule has 0 saturated heterocycles. The summed E-state index contributed by atoms with van der Waals surface area (Å²) in [4.78, 5) is 52.6. The number of hydrogen-bond donors (Lipinski definition) is 4. The van der Waals surface area contributed by atoms with Gasteiger partial charge in [-0.3, -0.25) is 9.32 Å². The Morgan fingerprint density at radius 2 is 1.62 bits per heavy atom. The van der Waals surface area contributed by atoms with Crippen LogP contribution in [0.15, 0.2) is 35.1 Å². The number of phosphoric ester groups is 1. The van der Waals surface area contributed by atoms with Gasteiger partial charge in [-0.25, -0.2) is 18.4 Å². The molecule has 0 bridgehead atoms. The van der Waals surface area contributed by atoms with E-state index in [0.29, 0.717) is 17.8 Å². The predicted molar refractivity (Wildman–Crippen MR) is 114 cm³/mol. The van der Waals surface area contributed by atoms with Crippen molar-refractivity contribution >= 4 is 29.2 Å². The van der Waals surface area contributed by atoms with Crippen molar-refractivity contribution in [3.8, 4) is 11.3 Å². The zero-order valence-corrected chi connectivity index (χ0v) is 20.1. The smallest absolute Gasteiger partial charge is 0.302 e. The standard InChI is InChI=1S/C15H20N5O11P3/c1-11-16-15-19(18-13(14(21)20(15)17-11)12-7-3-2-4-8-12)9-5-6-10-29-33(25,26)31-34(27,28)30-32(22,23)24/h2-4,7-8H,5-6,9-10H2,1H3,(H,25,26)(H,27,28)(H2,22,23,24). The van der Waals surface area contributed by atoms with E-state index in [0.717, 1.165) is 4.52 Å². The van der Waals surface area contributed by atoms with E-state index in [1.165, 1.54) is 4.68 Å². The van der Waals surface area contributed by atoms with Crippen LogP contribution >= 0.6 is 23.5 Å². The van der Waals surface area contributed by atoms with Gasteiger partial charge in [-0.1, -0.05) is 30.3 Å². The zero-order chi connectivity index (χ0) is 25.1. The largest absolute Gasteiger partial charge is 0.490 e. The summed E-state index contributed by atoms with van der Waals surface area (Å²) in [6.45, 7) is 1.38. The molecule has 0 spiro atoms. The minimum atomic E-state index is -5.57. The maximum absolute atomic E-state index is 12.8. The molecule has 19 heteroatoms. The Hall–Kier alpha value is -2.09. The van der Waals surface area contributed by atoms with Crippen LogP contribution in [0.25, 0.3) is 17.0 Å². The highest BCUT2D eigenvalue weighted by atomic mass is 31.3. The number of aromatic nitrogens is 5. The number of phosphoric acid groups is 3. The van der Waals surface area contributed by atoms with Crippen molar-refractivity contribution in [3.63, 3.8) is 0 Å². The Morgan fingerprint density at radius 3 is 2.26 bits per heavy atom. The van der Waals surface area contributed by atoms with E-state index in [-0.39, 0.29) is 24.4 Å². The van der Waals surface area contributed by atoms with E-state index in [1.807, 2.05) is 0 Å². The van der Waals surface area contributed by atoms with Crippen LogP contribution in [0.4, 0.5) is 0 Å². The van der Waals surface area contributed by atoms with Crippen molar-refractivity contribution in [1.29, 1.82) is 0 Å². The molecule has 1 aromatic carbocycles. The Morgan fingerprint density at radius 1 is 0.941 bits per heavy atom. The monoisotopic (exact) mass is 539 g/mol. The van der Waals surface area contributed by atoms with Gasteiger partial charge in [-0.2, -0.15) is 23.2 Å². The van der Waals surface area contributed by atoms with Crippen molar-refractivity contribution in [2.24, 2.45) is 0 Å². The lowest BCUT2D eigenvalue weighted by Gasteiger charge is -2.16. The van der Waals surface area contributed by atoms with Gasteiger partial charge in [0.2, 0.25) is 0 Å². The van der Waals surface area contributed by atoms with Crippen molar-refractivity contribution in [2.75, 3.05) is 6.61 Å². The molecular formula is C15H20N5O11P3. The molecule has 16 nitrogen and oxygen atoms in total. The Balaban J connectivity index is 1.66. The molecule has 3 aromatic rings. The summed E-state index contributed by atoms with van der Waals surface area (Å²) in [5.41, 5.74) is 0.265. The topological polar surface area (TPSA) is 225 Å². The minimum absolute atomic E-state index is 0.122. The number of fused-ring (bicyclic) bond motifs is 1. The number of benzene rings is 1. The maximum atomic E-state index is 12.8. The number of aryl methyl sites for hydroxylation is 2. The van der Waals surface area contributed by atoms with Crippen molar-refractivity contribution in [3.05, 3.63) is 46.5 Å². The van der Waals surface area contributed by atoms with Gasteiger partial charge in [0.15, 0.2) is 5.69 Å². The summed E-state index contributed by atoms with van der Waals surface area (Å²) in [5, 5.41) is 8.46. The molecule has 4 N–H and O–H groups in total. The summed E-state index contributed by atoms with van der Waals surface area (Å²) in [6.07, 6.45) is 0.415. The summed E-state index contributed by atoms with van der Waals surface area (Å²) in [6, 6.07) is 8.72. The zero-order valence-electron chi connectivity index (χ0n) is 17.4. The van der Waals surface area contributed by atoms with Gasteiger partial charge in [0.1, 0.15) is 5.82 Å². The van der Waals surface area contributed by atoms with Crippen LogP contribution in [0.3, 0.4) is 0 Å². The van der Waals surface area contributed by atoms with E-state index < -0.39 is 35.6 Å². The molecule has 0 amide bonds. The fraction of sp³-hybridized carbons (Fsp3) is 0.333. The van der Waals surface area contributed by atoms with Gasteiger partial charge in [0.05, 0.1) is 6.61 Å². The molecule has 0 saturated carbocycles. The maximum Gasteiger partial charge on any atom is 0.490 e. The van der Waals surface area contributed by atoms with Crippen molar-refractivity contribution in [2.45, 2.75) is 26.3 Å². The summed E-state index contributed by atoms with van der Waals surface area (Å²) >= 11 is 0. The van der Waals surface area contributed by atoms with Gasteiger partial charge in [0.25, 0.3) is 5.78 Å². The van der Waals surface area contributed by atoms with Crippen LogP contribution in [-0.2, 0) is 33.4 Å². The van der Waals surface area contributed by atoms with E-state index in [9.17, 15) is 23.4 Å². The molecule has 2 unspecified atom stereocenters. The average molecular weight is 539 g/mol. The average Bonchev–Trinajstić information content (AvgIpc) is 3.09. The highest BCUT2D eigenvalue weighted by molar-refractivity contribution is 7.66. The quantitative estimate of drug-likeness (QED) is 0.200. The third kappa shape index (κ3) is 7.20. The predicted octanol–water partition coefficient (Wildman–Crippen LogP) is 1.38. The minimum Gasteiger partial charge on any atom is -0.302 e. The lowest BCUT2D eigenvalue weighted by atomic mass is 10.2. The van der Waals surface area contributed by atoms with Gasteiger partial charge in [-0.15, -0.1) is 5.10 Å². The highest BCUT2D eigenvalue weighted by Crippen LogP contribution is 2.66. The third-order valence-corrected chi connectivity index (χ3v) is 7.86. The summed E-state index contributed by atoms with van der Waals surface area (Å²) < 4.78 is 48.1. The SMILES string of the molecule is Cc1nc2n(CCCCOP(=O)(O)OP(=O)(O)OP(=O)(O)O)nc(-c3ccccc3)c(=O)n2n1. The number of unbranched alkanes of at least 4 members (excludes halogenated alkanes) is 1. The molecule has 0 aliphatic rings. The molecule has 2 heterocycles. The van der Waals surface area contributed by atoms with Gasteiger partial charge in [0, 0.05) is 12.1 Å². The second kappa shape index (κ2) is 10.3. The van der Waals surface area contributed by atoms with E-state index in [4.69, 9.17) is 14.7 Å². The third-order valence-electron chi connectivity index (χ3n) is 4.02. The molecule has 3 rings (SSSR count). The molecule has 0 aliphatic carbocycles. The number of rotatable bonds is 11. The Kier molecular flexibility index (Phi) is 8.00. The van der Waals surface area contributed by atoms with Crippen LogP contribution in [0.2, 0.25) is 0 Å². The molecule has 0 aliphatic heterocycles. The van der Waals surface area contributed by atoms with Crippen LogP contribution in [-0.4, -0.2) is 50.6 Å². The number of nitrogens with zero attached hydrogens (tertiary/aromatic N) is 5. The molecule has 0 radical (unpaired) electrons. The lowest BCUT2D eigenvalue weighted by molar-refractivity contribution is 0.169. The normalized spacial score (nSPS) is 15.8. The van der Waals surface area contributed by atoms with Crippen molar-refractivity contribution < 1.29 is 46.4 Å². The van der Waals surface area contributed by atoms with E-state index in [1.54, 1.807) is 37.3 Å². The molecule has 186 valence electrons. The second-order valence-electron chi connectivity index (χ2n) is 6.75. The first-order valence-electron chi connectivity index (χ1n) is 9.45. The van der Waals surface area contributed by atoms with Crippen LogP contribution in [0.1, 0.15) is 18.7 Å². The number of hydrogen-bond acceptors (Lipinski definition) is 10.